The monoisotopic (exact) mass is 468 g/mol. The topological polar surface area (TPSA) is 66.5 Å². The van der Waals surface area contributed by atoms with Gasteiger partial charge in [-0.1, -0.05) is 35.9 Å². The van der Waals surface area contributed by atoms with Gasteiger partial charge in [0.1, 0.15) is 0 Å². The van der Waals surface area contributed by atoms with Gasteiger partial charge >= 0.3 is 6.18 Å². The molecule has 1 amide bonds. The van der Waals surface area contributed by atoms with Crippen LogP contribution in [0.1, 0.15) is 15.9 Å². The SMILES string of the molecule is CN(c1ccccc1)S(=O)(=O)c1ccc(Cl)c(C(=O)Nc2cccc(C(F)(F)F)c2)c1. The molecule has 162 valence electrons. The summed E-state index contributed by atoms with van der Waals surface area (Å²) in [4.78, 5) is 12.4. The lowest BCUT2D eigenvalue weighted by molar-refractivity contribution is -0.137. The van der Waals surface area contributed by atoms with E-state index in [1.807, 2.05) is 0 Å². The normalized spacial score (nSPS) is 11.8. The maximum absolute atomic E-state index is 13.0. The van der Waals surface area contributed by atoms with E-state index in [0.29, 0.717) is 5.69 Å². The summed E-state index contributed by atoms with van der Waals surface area (Å²) in [5.74, 6) is -0.844. The minimum Gasteiger partial charge on any atom is -0.322 e. The Kier molecular flexibility index (Phi) is 6.28. The average Bonchev–Trinajstić information content (AvgIpc) is 2.73. The zero-order valence-electron chi connectivity index (χ0n) is 16.0. The number of nitrogens with zero attached hydrogens (tertiary/aromatic N) is 1. The molecule has 0 spiro atoms. The van der Waals surface area contributed by atoms with Crippen molar-refractivity contribution in [1.82, 2.24) is 0 Å². The van der Waals surface area contributed by atoms with E-state index in [0.717, 1.165) is 28.6 Å². The molecule has 0 aliphatic rings. The summed E-state index contributed by atoms with van der Waals surface area (Å²) in [6, 6.07) is 16.0. The van der Waals surface area contributed by atoms with Crippen molar-refractivity contribution in [3.05, 3.63) is 88.9 Å². The lowest BCUT2D eigenvalue weighted by atomic mass is 10.1. The van der Waals surface area contributed by atoms with Gasteiger partial charge in [0.15, 0.2) is 0 Å². The van der Waals surface area contributed by atoms with E-state index in [1.165, 1.54) is 25.2 Å². The molecule has 0 atom stereocenters. The molecule has 1 N–H and O–H groups in total. The Morgan fingerprint density at radius 1 is 0.968 bits per heavy atom. The van der Waals surface area contributed by atoms with Gasteiger partial charge in [0.25, 0.3) is 15.9 Å². The van der Waals surface area contributed by atoms with E-state index >= 15 is 0 Å². The van der Waals surface area contributed by atoms with Crippen molar-refractivity contribution < 1.29 is 26.4 Å². The third-order valence-electron chi connectivity index (χ3n) is 4.41. The number of para-hydroxylation sites is 1. The maximum Gasteiger partial charge on any atom is 0.416 e. The van der Waals surface area contributed by atoms with Gasteiger partial charge in [-0.25, -0.2) is 8.42 Å². The number of sulfonamides is 1. The number of alkyl halides is 3. The summed E-state index contributed by atoms with van der Waals surface area (Å²) in [6.07, 6.45) is -4.57. The average molecular weight is 469 g/mol. The largest absolute Gasteiger partial charge is 0.416 e. The van der Waals surface area contributed by atoms with E-state index in [1.54, 1.807) is 30.3 Å². The highest BCUT2D eigenvalue weighted by Crippen LogP contribution is 2.31. The fourth-order valence-corrected chi connectivity index (χ4v) is 4.17. The van der Waals surface area contributed by atoms with Gasteiger partial charge < -0.3 is 5.32 Å². The highest BCUT2D eigenvalue weighted by Gasteiger charge is 2.30. The number of carbonyl (C=O) groups excluding carboxylic acids is 1. The summed E-state index contributed by atoms with van der Waals surface area (Å²) in [5.41, 5.74) is -0.822. The number of amides is 1. The Hall–Kier alpha value is -3.04. The van der Waals surface area contributed by atoms with Crippen LogP contribution in [0.5, 0.6) is 0 Å². The number of halogens is 4. The van der Waals surface area contributed by atoms with Crippen LogP contribution < -0.4 is 9.62 Å². The first-order valence-corrected chi connectivity index (χ1v) is 10.6. The van der Waals surface area contributed by atoms with Gasteiger partial charge in [-0.05, 0) is 48.5 Å². The van der Waals surface area contributed by atoms with Crippen LogP contribution in [0.25, 0.3) is 0 Å². The molecule has 0 unspecified atom stereocenters. The molecule has 0 fully saturated rings. The number of rotatable bonds is 5. The molecule has 3 aromatic carbocycles. The number of nitrogens with one attached hydrogen (secondary N) is 1. The molecule has 0 aromatic heterocycles. The van der Waals surface area contributed by atoms with Crippen molar-refractivity contribution in [1.29, 1.82) is 0 Å². The van der Waals surface area contributed by atoms with Crippen LogP contribution in [0.15, 0.2) is 77.7 Å². The predicted octanol–water partition coefficient (Wildman–Crippen LogP) is 5.44. The summed E-state index contributed by atoms with van der Waals surface area (Å²) in [7, 11) is -2.66. The molecule has 31 heavy (non-hydrogen) atoms. The molecule has 3 aromatic rings. The number of benzene rings is 3. The molecular formula is C21H16ClF3N2O3S. The van der Waals surface area contributed by atoms with Crippen LogP contribution in [0, 0.1) is 0 Å². The molecule has 0 heterocycles. The van der Waals surface area contributed by atoms with Gasteiger partial charge in [0.05, 0.1) is 26.7 Å². The van der Waals surface area contributed by atoms with Crippen LogP contribution in [-0.2, 0) is 16.2 Å². The number of carbonyl (C=O) groups is 1. The smallest absolute Gasteiger partial charge is 0.322 e. The molecule has 0 radical (unpaired) electrons. The fourth-order valence-electron chi connectivity index (χ4n) is 2.75. The van der Waals surface area contributed by atoms with Crippen molar-refractivity contribution in [2.45, 2.75) is 11.1 Å². The molecule has 0 bridgehead atoms. The number of hydrogen-bond donors (Lipinski definition) is 1. The number of anilines is 2. The Morgan fingerprint density at radius 3 is 2.29 bits per heavy atom. The second-order valence-corrected chi connectivity index (χ2v) is 8.86. The minimum atomic E-state index is -4.57. The molecule has 3 rings (SSSR count). The van der Waals surface area contributed by atoms with Crippen LogP contribution in [0.4, 0.5) is 24.5 Å². The summed E-state index contributed by atoms with van der Waals surface area (Å²) >= 11 is 6.06. The third kappa shape index (κ3) is 5.00. The highest BCUT2D eigenvalue weighted by atomic mass is 35.5. The summed E-state index contributed by atoms with van der Waals surface area (Å²) in [5, 5.41) is 2.27. The van der Waals surface area contributed by atoms with E-state index in [4.69, 9.17) is 11.6 Å². The Bertz CT molecular complexity index is 1220. The standard InChI is InChI=1S/C21H16ClF3N2O3S/c1-27(16-8-3-2-4-9-16)31(29,30)17-10-11-19(22)18(13-17)20(28)26-15-7-5-6-14(12-15)21(23,24)25/h2-13H,1H3,(H,26,28). The van der Waals surface area contributed by atoms with E-state index in [2.05, 4.69) is 5.32 Å². The van der Waals surface area contributed by atoms with Gasteiger partial charge in [-0.2, -0.15) is 13.2 Å². The molecule has 0 saturated heterocycles. The first-order valence-electron chi connectivity index (χ1n) is 8.82. The molecule has 0 aliphatic heterocycles. The van der Waals surface area contributed by atoms with Gasteiger partial charge in [0, 0.05) is 12.7 Å². The first-order chi connectivity index (χ1) is 14.5. The molecule has 0 saturated carbocycles. The second-order valence-electron chi connectivity index (χ2n) is 6.48. The fraction of sp³-hybridized carbons (Fsp3) is 0.0952. The van der Waals surface area contributed by atoms with Crippen molar-refractivity contribution in [2.24, 2.45) is 0 Å². The zero-order chi connectivity index (χ0) is 22.8. The first kappa shape index (κ1) is 22.6. The van der Waals surface area contributed by atoms with Gasteiger partial charge in [0.2, 0.25) is 0 Å². The van der Waals surface area contributed by atoms with Crippen molar-refractivity contribution in [3.63, 3.8) is 0 Å². The maximum atomic E-state index is 13.0. The van der Waals surface area contributed by atoms with Crippen LogP contribution in [-0.4, -0.2) is 21.4 Å². The molecule has 0 aliphatic carbocycles. The van der Waals surface area contributed by atoms with Crippen molar-refractivity contribution in [2.75, 3.05) is 16.7 Å². The van der Waals surface area contributed by atoms with Crippen LogP contribution >= 0.6 is 11.6 Å². The van der Waals surface area contributed by atoms with Crippen molar-refractivity contribution >= 4 is 38.9 Å². The Labute approximate surface area is 182 Å². The van der Waals surface area contributed by atoms with Crippen molar-refractivity contribution in [3.8, 4) is 0 Å². The van der Waals surface area contributed by atoms with Gasteiger partial charge in [-0.3, -0.25) is 9.10 Å². The van der Waals surface area contributed by atoms with E-state index in [9.17, 15) is 26.4 Å². The molecule has 10 heteroatoms. The van der Waals surface area contributed by atoms with E-state index < -0.39 is 27.7 Å². The van der Waals surface area contributed by atoms with Gasteiger partial charge in [-0.15, -0.1) is 0 Å². The highest BCUT2D eigenvalue weighted by molar-refractivity contribution is 7.92. The summed E-state index contributed by atoms with van der Waals surface area (Å²) < 4.78 is 65.6. The minimum absolute atomic E-state index is 0.0502. The Morgan fingerprint density at radius 2 is 1.65 bits per heavy atom. The summed E-state index contributed by atoms with van der Waals surface area (Å²) in [6.45, 7) is 0. The van der Waals surface area contributed by atoms with Crippen LogP contribution in [0.2, 0.25) is 5.02 Å². The quantitative estimate of drug-likeness (QED) is 0.542. The van der Waals surface area contributed by atoms with E-state index in [-0.39, 0.29) is 21.2 Å². The third-order valence-corrected chi connectivity index (χ3v) is 6.52. The lowest BCUT2D eigenvalue weighted by Gasteiger charge is -2.20. The number of hydrogen-bond acceptors (Lipinski definition) is 3. The molecular weight excluding hydrogens is 453 g/mol. The second kappa shape index (κ2) is 8.60. The lowest BCUT2D eigenvalue weighted by Crippen LogP contribution is -2.27. The predicted molar refractivity (Wildman–Crippen MR) is 113 cm³/mol. The zero-order valence-corrected chi connectivity index (χ0v) is 17.6. The Balaban J connectivity index is 1.92. The van der Waals surface area contributed by atoms with Crippen LogP contribution in [0.3, 0.4) is 0 Å². The molecule has 5 nitrogen and oxygen atoms in total.